The number of hydrogen-bond donors (Lipinski definition) is 1. The average Bonchev–Trinajstić information content (AvgIpc) is 2.88. The normalized spacial score (nSPS) is 15.9. The maximum atomic E-state index is 13.4. The molecule has 1 N–H and O–H groups in total. The maximum Gasteiger partial charge on any atom is 0.417 e. The van der Waals surface area contributed by atoms with Gasteiger partial charge in [0.05, 0.1) is 16.0 Å². The number of carbonyl (C=O) groups is 1. The van der Waals surface area contributed by atoms with E-state index in [-0.39, 0.29) is 16.1 Å². The lowest BCUT2D eigenvalue weighted by atomic mass is 10.1. The largest absolute Gasteiger partial charge is 0.417 e. The predicted octanol–water partition coefficient (Wildman–Crippen LogP) is 4.26. The number of nitrogens with one attached hydrogen (secondary N) is 1. The number of piperidine rings is 1. The van der Waals surface area contributed by atoms with E-state index >= 15 is 0 Å². The molecule has 2 aromatic heterocycles. The van der Waals surface area contributed by atoms with E-state index in [9.17, 15) is 18.0 Å². The van der Waals surface area contributed by atoms with Crippen LogP contribution < -0.4 is 10.2 Å². The van der Waals surface area contributed by atoms with Crippen LogP contribution in [0.5, 0.6) is 0 Å². The molecule has 1 saturated heterocycles. The molecule has 0 bridgehead atoms. The molecular weight excluding hydrogens is 327 g/mol. The van der Waals surface area contributed by atoms with E-state index in [1.165, 1.54) is 12.3 Å². The van der Waals surface area contributed by atoms with Crippen LogP contribution in [0.2, 0.25) is 0 Å². The van der Waals surface area contributed by atoms with Gasteiger partial charge in [-0.2, -0.15) is 13.2 Å². The highest BCUT2D eigenvalue weighted by molar-refractivity contribution is 7.18. The van der Waals surface area contributed by atoms with Gasteiger partial charge in [0.25, 0.3) is 0 Å². The standard InChI is InChI=1S/C15H16F3N3OS/c1-9(22)19-11-8-23-14-10(15(16,17)18)7-12(20-13(11)14)21-5-3-2-4-6-21/h7-8H,2-6H2,1H3,(H,19,22). The van der Waals surface area contributed by atoms with Gasteiger partial charge in [0, 0.05) is 25.4 Å². The molecule has 3 heterocycles. The fraction of sp³-hybridized carbons (Fsp3) is 0.467. The van der Waals surface area contributed by atoms with Crippen LogP contribution in [0.15, 0.2) is 11.4 Å². The zero-order valence-electron chi connectivity index (χ0n) is 12.5. The number of carbonyl (C=O) groups excluding carboxylic acids is 1. The molecule has 0 atom stereocenters. The van der Waals surface area contributed by atoms with Crippen molar-refractivity contribution in [2.45, 2.75) is 32.4 Å². The van der Waals surface area contributed by atoms with Gasteiger partial charge in [0.1, 0.15) is 11.3 Å². The van der Waals surface area contributed by atoms with Crippen molar-refractivity contribution in [1.29, 1.82) is 0 Å². The zero-order chi connectivity index (χ0) is 16.6. The highest BCUT2D eigenvalue weighted by atomic mass is 32.1. The van der Waals surface area contributed by atoms with Gasteiger partial charge in [-0.25, -0.2) is 4.98 Å². The van der Waals surface area contributed by atoms with Crippen molar-refractivity contribution in [3.05, 3.63) is 17.0 Å². The quantitative estimate of drug-likeness (QED) is 0.886. The van der Waals surface area contributed by atoms with Gasteiger partial charge >= 0.3 is 6.18 Å². The highest BCUT2D eigenvalue weighted by Gasteiger charge is 2.35. The first-order valence-corrected chi connectivity index (χ1v) is 8.26. The molecule has 0 aliphatic carbocycles. The van der Waals surface area contributed by atoms with Crippen molar-refractivity contribution >= 4 is 39.0 Å². The van der Waals surface area contributed by atoms with Crippen LogP contribution in [0, 0.1) is 0 Å². The molecule has 4 nitrogen and oxygen atoms in total. The smallest absolute Gasteiger partial charge is 0.357 e. The molecule has 23 heavy (non-hydrogen) atoms. The second-order valence-electron chi connectivity index (χ2n) is 5.58. The van der Waals surface area contributed by atoms with Crippen molar-refractivity contribution in [3.8, 4) is 0 Å². The molecule has 1 aliphatic rings. The van der Waals surface area contributed by atoms with Gasteiger partial charge < -0.3 is 10.2 Å². The highest BCUT2D eigenvalue weighted by Crippen LogP contribution is 2.41. The Kier molecular flexibility index (Phi) is 4.18. The molecule has 8 heteroatoms. The van der Waals surface area contributed by atoms with Crippen LogP contribution in [0.3, 0.4) is 0 Å². The van der Waals surface area contributed by atoms with Crippen LogP contribution in [0.25, 0.3) is 10.2 Å². The predicted molar refractivity (Wildman–Crippen MR) is 85.0 cm³/mol. The average molecular weight is 343 g/mol. The molecule has 0 unspecified atom stereocenters. The summed E-state index contributed by atoms with van der Waals surface area (Å²) >= 11 is 0.949. The summed E-state index contributed by atoms with van der Waals surface area (Å²) in [4.78, 5) is 17.5. The van der Waals surface area contributed by atoms with Crippen LogP contribution >= 0.6 is 11.3 Å². The number of rotatable bonds is 2. The second kappa shape index (κ2) is 5.99. The minimum atomic E-state index is -4.45. The Morgan fingerprint density at radius 2 is 2.00 bits per heavy atom. The second-order valence-corrected chi connectivity index (χ2v) is 6.46. The first kappa shape index (κ1) is 16.0. The lowest BCUT2D eigenvalue weighted by molar-refractivity contribution is -0.136. The van der Waals surface area contributed by atoms with Crippen LogP contribution in [0.4, 0.5) is 24.7 Å². The lowest BCUT2D eigenvalue weighted by Gasteiger charge is -2.28. The summed E-state index contributed by atoms with van der Waals surface area (Å²) in [5, 5.41) is 4.07. The number of anilines is 2. The Labute approximate surface area is 135 Å². The third-order valence-corrected chi connectivity index (χ3v) is 4.81. The van der Waals surface area contributed by atoms with Crippen LogP contribution in [0.1, 0.15) is 31.7 Å². The Hall–Kier alpha value is -1.83. The third kappa shape index (κ3) is 3.26. The number of alkyl halides is 3. The van der Waals surface area contributed by atoms with Gasteiger partial charge in [-0.15, -0.1) is 11.3 Å². The van der Waals surface area contributed by atoms with Crippen LogP contribution in [-0.4, -0.2) is 24.0 Å². The minimum Gasteiger partial charge on any atom is -0.357 e. The minimum absolute atomic E-state index is 0.0574. The Bertz CT molecular complexity index is 735. The summed E-state index contributed by atoms with van der Waals surface area (Å²) in [6.45, 7) is 2.73. The van der Waals surface area contributed by atoms with Gasteiger partial charge in [-0.05, 0) is 25.3 Å². The number of thiophene rings is 1. The van der Waals surface area contributed by atoms with E-state index in [2.05, 4.69) is 10.3 Å². The number of aromatic nitrogens is 1. The number of amides is 1. The molecule has 124 valence electrons. The van der Waals surface area contributed by atoms with E-state index in [4.69, 9.17) is 0 Å². The SMILES string of the molecule is CC(=O)Nc1csc2c(C(F)(F)F)cc(N3CCCCC3)nc12. The number of fused-ring (bicyclic) bond motifs is 1. The van der Waals surface area contributed by atoms with Gasteiger partial charge in [-0.3, -0.25) is 4.79 Å². The van der Waals surface area contributed by atoms with Crippen LogP contribution in [-0.2, 0) is 11.0 Å². The lowest BCUT2D eigenvalue weighted by Crippen LogP contribution is -2.30. The zero-order valence-corrected chi connectivity index (χ0v) is 13.4. The Morgan fingerprint density at radius 3 is 2.61 bits per heavy atom. The molecule has 0 aromatic carbocycles. The van der Waals surface area contributed by atoms with Crippen molar-refractivity contribution in [2.24, 2.45) is 0 Å². The van der Waals surface area contributed by atoms with Gasteiger partial charge in [0.2, 0.25) is 5.91 Å². The summed E-state index contributed by atoms with van der Waals surface area (Å²) < 4.78 is 40.3. The number of pyridine rings is 1. The third-order valence-electron chi connectivity index (χ3n) is 3.81. The number of hydrogen-bond acceptors (Lipinski definition) is 4. The molecule has 1 amide bonds. The Balaban J connectivity index is 2.15. The fourth-order valence-corrected chi connectivity index (χ4v) is 3.74. The fourth-order valence-electron chi connectivity index (χ4n) is 2.77. The number of nitrogens with zero attached hydrogens (tertiary/aromatic N) is 2. The summed E-state index contributed by atoms with van der Waals surface area (Å²) in [5.74, 6) is -0.00189. The van der Waals surface area contributed by atoms with E-state index in [0.29, 0.717) is 24.6 Å². The molecule has 0 spiro atoms. The van der Waals surface area contributed by atoms with Gasteiger partial charge in [0.15, 0.2) is 0 Å². The molecular formula is C15H16F3N3OS. The molecule has 1 aliphatic heterocycles. The summed E-state index contributed by atoms with van der Waals surface area (Å²) in [5.41, 5.74) is -0.146. The summed E-state index contributed by atoms with van der Waals surface area (Å²) in [6.07, 6.45) is -1.48. The maximum absolute atomic E-state index is 13.4. The van der Waals surface area contributed by atoms with E-state index < -0.39 is 11.7 Å². The van der Waals surface area contributed by atoms with Crippen molar-refractivity contribution in [1.82, 2.24) is 4.98 Å². The number of halogens is 3. The molecule has 2 aromatic rings. The monoisotopic (exact) mass is 343 g/mol. The molecule has 3 rings (SSSR count). The molecule has 1 fully saturated rings. The van der Waals surface area contributed by atoms with Crippen molar-refractivity contribution < 1.29 is 18.0 Å². The van der Waals surface area contributed by atoms with E-state index in [1.807, 2.05) is 4.90 Å². The molecule has 0 saturated carbocycles. The molecule has 0 radical (unpaired) electrons. The summed E-state index contributed by atoms with van der Waals surface area (Å²) in [6, 6.07) is 1.13. The van der Waals surface area contributed by atoms with Crippen molar-refractivity contribution in [2.75, 3.05) is 23.3 Å². The van der Waals surface area contributed by atoms with E-state index in [1.54, 1.807) is 0 Å². The van der Waals surface area contributed by atoms with Crippen molar-refractivity contribution in [3.63, 3.8) is 0 Å². The first-order chi connectivity index (χ1) is 10.9. The topological polar surface area (TPSA) is 45.2 Å². The first-order valence-electron chi connectivity index (χ1n) is 7.38. The summed E-state index contributed by atoms with van der Waals surface area (Å²) in [7, 11) is 0. The van der Waals surface area contributed by atoms with Gasteiger partial charge in [-0.1, -0.05) is 0 Å². The Morgan fingerprint density at radius 1 is 1.30 bits per heavy atom. The van der Waals surface area contributed by atoms with E-state index in [0.717, 1.165) is 36.7 Å².